The number of methoxy groups -OCH3 is 2. The van der Waals surface area contributed by atoms with Gasteiger partial charge in [-0.25, -0.2) is 8.42 Å². The number of anilines is 2. The lowest BCUT2D eigenvalue weighted by molar-refractivity contribution is -0.115. The van der Waals surface area contributed by atoms with Crippen molar-refractivity contribution >= 4 is 39.1 Å². The normalized spacial score (nSPS) is 12.0. The van der Waals surface area contributed by atoms with Crippen LogP contribution in [0.4, 0.5) is 11.4 Å². The van der Waals surface area contributed by atoms with E-state index in [-0.39, 0.29) is 10.8 Å². The van der Waals surface area contributed by atoms with E-state index in [0.29, 0.717) is 22.9 Å². The van der Waals surface area contributed by atoms with Gasteiger partial charge in [0.25, 0.3) is 10.0 Å². The molecule has 1 atom stereocenters. The highest BCUT2D eigenvalue weighted by atomic mass is 32.2. The minimum Gasteiger partial charge on any atom is -0.497 e. The van der Waals surface area contributed by atoms with Crippen LogP contribution in [-0.2, 0) is 14.8 Å². The summed E-state index contributed by atoms with van der Waals surface area (Å²) in [4.78, 5) is 13.7. The Bertz CT molecular complexity index is 1210. The first kappa shape index (κ1) is 24.5. The minimum atomic E-state index is -3.67. The number of hydrogen-bond acceptors (Lipinski definition) is 6. The van der Waals surface area contributed by atoms with Crippen molar-refractivity contribution in [2.24, 2.45) is 0 Å². The first-order chi connectivity index (χ1) is 15.7. The summed E-state index contributed by atoms with van der Waals surface area (Å²) in [6.07, 6.45) is 0. The summed E-state index contributed by atoms with van der Waals surface area (Å²) in [6.45, 7) is 3.69. The van der Waals surface area contributed by atoms with Crippen molar-refractivity contribution in [2.75, 3.05) is 24.3 Å². The number of amides is 1. The Morgan fingerprint density at radius 1 is 0.939 bits per heavy atom. The quantitative estimate of drug-likeness (QED) is 0.417. The summed E-state index contributed by atoms with van der Waals surface area (Å²) >= 11 is 1.36. The molecule has 9 heteroatoms. The van der Waals surface area contributed by atoms with Crippen molar-refractivity contribution < 1.29 is 22.7 Å². The maximum absolute atomic E-state index is 12.7. The summed E-state index contributed by atoms with van der Waals surface area (Å²) in [5, 5.41) is 2.46. The molecule has 3 aromatic carbocycles. The minimum absolute atomic E-state index is 0.198. The molecule has 2 N–H and O–H groups in total. The monoisotopic (exact) mass is 486 g/mol. The Kier molecular flexibility index (Phi) is 7.88. The van der Waals surface area contributed by atoms with Gasteiger partial charge in [0.05, 0.1) is 30.1 Å². The molecule has 0 bridgehead atoms. The number of carbonyl (C=O) groups is 1. The predicted molar refractivity (Wildman–Crippen MR) is 132 cm³/mol. The fourth-order valence-corrected chi connectivity index (χ4v) is 4.86. The topological polar surface area (TPSA) is 93.7 Å². The third-order valence-electron chi connectivity index (χ3n) is 4.78. The van der Waals surface area contributed by atoms with E-state index >= 15 is 0 Å². The second-order valence-electron chi connectivity index (χ2n) is 7.26. The van der Waals surface area contributed by atoms with Crippen molar-refractivity contribution in [1.29, 1.82) is 0 Å². The number of nitrogens with one attached hydrogen (secondary N) is 2. The van der Waals surface area contributed by atoms with E-state index in [1.807, 2.05) is 6.92 Å². The molecule has 1 amide bonds. The number of aryl methyl sites for hydroxylation is 1. The fraction of sp³-hybridized carbons (Fsp3) is 0.208. The van der Waals surface area contributed by atoms with Crippen molar-refractivity contribution in [1.82, 2.24) is 0 Å². The predicted octanol–water partition coefficient (Wildman–Crippen LogP) is 4.93. The van der Waals surface area contributed by atoms with Crippen LogP contribution in [0, 0.1) is 6.92 Å². The third kappa shape index (κ3) is 6.43. The molecule has 174 valence electrons. The van der Waals surface area contributed by atoms with E-state index in [4.69, 9.17) is 9.47 Å². The standard InChI is InChI=1S/C24H26N2O5S2/c1-16-5-12-21(13-6-16)33(28,29)26-18-7-10-20(11-8-18)32-17(2)24(27)25-22-15-19(30-3)9-14-23(22)31-4/h5-15,17,26H,1-4H3,(H,25,27). The number of carbonyl (C=O) groups excluding carboxylic acids is 1. The lowest BCUT2D eigenvalue weighted by Crippen LogP contribution is -2.22. The van der Waals surface area contributed by atoms with E-state index < -0.39 is 15.3 Å². The molecule has 0 saturated heterocycles. The molecule has 0 aliphatic heterocycles. The number of hydrogen-bond donors (Lipinski definition) is 2. The summed E-state index contributed by atoms with van der Waals surface area (Å²) in [6, 6.07) is 18.7. The van der Waals surface area contributed by atoms with Gasteiger partial charge in [0.1, 0.15) is 11.5 Å². The second kappa shape index (κ2) is 10.6. The summed E-state index contributed by atoms with van der Waals surface area (Å²) < 4.78 is 38.2. The smallest absolute Gasteiger partial charge is 0.261 e. The van der Waals surface area contributed by atoms with E-state index in [9.17, 15) is 13.2 Å². The molecule has 3 aromatic rings. The maximum atomic E-state index is 12.7. The molecular formula is C24H26N2O5S2. The summed E-state index contributed by atoms with van der Waals surface area (Å²) in [5.74, 6) is 0.942. The molecule has 3 rings (SSSR count). The van der Waals surface area contributed by atoms with Crippen molar-refractivity contribution in [3.05, 3.63) is 72.3 Å². The Balaban J connectivity index is 1.63. The molecule has 0 heterocycles. The SMILES string of the molecule is COc1ccc(OC)c(NC(=O)C(C)Sc2ccc(NS(=O)(=O)c3ccc(C)cc3)cc2)c1. The first-order valence-electron chi connectivity index (χ1n) is 10.1. The Morgan fingerprint density at radius 3 is 2.21 bits per heavy atom. The van der Waals surface area contributed by atoms with Crippen LogP contribution < -0.4 is 19.5 Å². The molecule has 7 nitrogen and oxygen atoms in total. The molecule has 33 heavy (non-hydrogen) atoms. The molecule has 0 spiro atoms. The van der Waals surface area contributed by atoms with Crippen LogP contribution in [0.25, 0.3) is 0 Å². The van der Waals surface area contributed by atoms with Crippen LogP contribution in [0.5, 0.6) is 11.5 Å². The van der Waals surface area contributed by atoms with Gasteiger partial charge in [-0.1, -0.05) is 17.7 Å². The van der Waals surface area contributed by atoms with Crippen LogP contribution in [0.2, 0.25) is 0 Å². The van der Waals surface area contributed by atoms with E-state index in [1.165, 1.54) is 18.9 Å². The van der Waals surface area contributed by atoms with Gasteiger partial charge in [-0.3, -0.25) is 9.52 Å². The first-order valence-corrected chi connectivity index (χ1v) is 12.5. The zero-order valence-corrected chi connectivity index (χ0v) is 20.4. The highest BCUT2D eigenvalue weighted by Gasteiger charge is 2.18. The van der Waals surface area contributed by atoms with Crippen LogP contribution >= 0.6 is 11.8 Å². The lowest BCUT2D eigenvalue weighted by Gasteiger charge is -2.15. The van der Waals surface area contributed by atoms with Gasteiger partial charge >= 0.3 is 0 Å². The molecule has 0 radical (unpaired) electrons. The summed E-state index contributed by atoms with van der Waals surface area (Å²) in [5.41, 5.74) is 1.95. The van der Waals surface area contributed by atoms with Crippen LogP contribution in [0.15, 0.2) is 76.5 Å². The van der Waals surface area contributed by atoms with Gasteiger partial charge in [0.2, 0.25) is 5.91 Å². The van der Waals surface area contributed by atoms with Crippen molar-refractivity contribution in [3.63, 3.8) is 0 Å². The zero-order valence-electron chi connectivity index (χ0n) is 18.8. The lowest BCUT2D eigenvalue weighted by atomic mass is 10.2. The van der Waals surface area contributed by atoms with Crippen LogP contribution in [0.1, 0.15) is 12.5 Å². The largest absolute Gasteiger partial charge is 0.497 e. The molecule has 0 aliphatic rings. The van der Waals surface area contributed by atoms with E-state index in [0.717, 1.165) is 10.5 Å². The number of ether oxygens (including phenoxy) is 2. The van der Waals surface area contributed by atoms with Crippen LogP contribution in [0.3, 0.4) is 0 Å². The van der Waals surface area contributed by atoms with E-state index in [2.05, 4.69) is 10.0 Å². The average molecular weight is 487 g/mol. The Labute approximate surface area is 198 Å². The molecule has 1 unspecified atom stereocenters. The summed E-state index contributed by atoms with van der Waals surface area (Å²) in [7, 11) is -0.585. The Hall–Kier alpha value is -3.17. The molecule has 0 saturated carbocycles. The Morgan fingerprint density at radius 2 is 1.61 bits per heavy atom. The van der Waals surface area contributed by atoms with Crippen molar-refractivity contribution in [2.45, 2.75) is 28.9 Å². The molecular weight excluding hydrogens is 460 g/mol. The van der Waals surface area contributed by atoms with Gasteiger partial charge < -0.3 is 14.8 Å². The van der Waals surface area contributed by atoms with Gasteiger partial charge in [-0.15, -0.1) is 11.8 Å². The molecule has 0 aliphatic carbocycles. The van der Waals surface area contributed by atoms with Gasteiger partial charge in [0, 0.05) is 16.6 Å². The van der Waals surface area contributed by atoms with Gasteiger partial charge in [-0.2, -0.15) is 0 Å². The molecule has 0 fully saturated rings. The number of benzene rings is 3. The zero-order chi connectivity index (χ0) is 24.0. The fourth-order valence-electron chi connectivity index (χ4n) is 2.94. The van der Waals surface area contributed by atoms with Gasteiger partial charge in [-0.05, 0) is 62.4 Å². The number of sulfonamides is 1. The van der Waals surface area contributed by atoms with Gasteiger partial charge in [0.15, 0.2) is 0 Å². The molecule has 0 aromatic heterocycles. The van der Waals surface area contributed by atoms with Crippen LogP contribution in [-0.4, -0.2) is 33.8 Å². The van der Waals surface area contributed by atoms with E-state index in [1.54, 1.807) is 80.8 Å². The number of thioether (sulfide) groups is 1. The highest BCUT2D eigenvalue weighted by molar-refractivity contribution is 8.00. The average Bonchev–Trinajstić information content (AvgIpc) is 2.80. The number of rotatable bonds is 9. The maximum Gasteiger partial charge on any atom is 0.261 e. The highest BCUT2D eigenvalue weighted by Crippen LogP contribution is 2.31. The third-order valence-corrected chi connectivity index (χ3v) is 7.29. The second-order valence-corrected chi connectivity index (χ2v) is 10.4. The van der Waals surface area contributed by atoms with Crippen molar-refractivity contribution in [3.8, 4) is 11.5 Å².